The molecular formula is C13H20N4OS2. The average molecular weight is 312 g/mol. The van der Waals surface area contributed by atoms with E-state index in [-0.39, 0.29) is 5.91 Å². The standard InChI is InChI=1S/C13H20N4OS2/c1-9-12(20-13(14-9)15-10(2)18)11-7-19-8-17(11)6-5-16(3)4/h7H,5-6,8H2,1-4H3,(H,14,15,18). The SMILES string of the molecule is CC(=O)Nc1nc(C)c(C2=CSCN2CCN(C)C)s1. The number of nitrogens with one attached hydrogen (secondary N) is 1. The van der Waals surface area contributed by atoms with Crippen molar-refractivity contribution in [1.29, 1.82) is 0 Å². The number of likely N-dealkylation sites (N-methyl/N-ethyl adjacent to an activating group) is 1. The summed E-state index contributed by atoms with van der Waals surface area (Å²) in [5, 5.41) is 5.63. The lowest BCUT2D eigenvalue weighted by atomic mass is 10.3. The van der Waals surface area contributed by atoms with Crippen molar-refractivity contribution in [3.63, 3.8) is 0 Å². The molecule has 1 aliphatic heterocycles. The number of carbonyl (C=O) groups excluding carboxylic acids is 1. The molecule has 0 fully saturated rings. The molecular weight excluding hydrogens is 292 g/mol. The number of anilines is 1. The zero-order valence-corrected chi connectivity index (χ0v) is 13.9. The molecule has 1 amide bonds. The van der Waals surface area contributed by atoms with E-state index in [2.05, 4.69) is 39.6 Å². The molecule has 2 rings (SSSR count). The van der Waals surface area contributed by atoms with Gasteiger partial charge >= 0.3 is 0 Å². The lowest BCUT2D eigenvalue weighted by molar-refractivity contribution is -0.114. The molecule has 0 spiro atoms. The maximum absolute atomic E-state index is 11.1. The Morgan fingerprint density at radius 3 is 2.95 bits per heavy atom. The number of thioether (sulfide) groups is 1. The quantitative estimate of drug-likeness (QED) is 0.904. The summed E-state index contributed by atoms with van der Waals surface area (Å²) >= 11 is 3.35. The second kappa shape index (κ2) is 6.60. The smallest absolute Gasteiger partial charge is 0.223 e. The maximum Gasteiger partial charge on any atom is 0.223 e. The highest BCUT2D eigenvalue weighted by molar-refractivity contribution is 8.02. The Morgan fingerprint density at radius 1 is 1.55 bits per heavy atom. The van der Waals surface area contributed by atoms with Crippen molar-refractivity contribution in [1.82, 2.24) is 14.8 Å². The van der Waals surface area contributed by atoms with Gasteiger partial charge in [0.1, 0.15) is 0 Å². The van der Waals surface area contributed by atoms with E-state index in [0.29, 0.717) is 5.13 Å². The molecule has 0 saturated heterocycles. The monoisotopic (exact) mass is 312 g/mol. The summed E-state index contributed by atoms with van der Waals surface area (Å²) in [6, 6.07) is 0. The molecule has 0 atom stereocenters. The Bertz CT molecular complexity index is 524. The van der Waals surface area contributed by atoms with Crippen LogP contribution in [0, 0.1) is 6.92 Å². The average Bonchev–Trinajstić information content (AvgIpc) is 2.92. The highest BCUT2D eigenvalue weighted by Crippen LogP contribution is 2.37. The number of aromatic nitrogens is 1. The molecule has 5 nitrogen and oxygen atoms in total. The summed E-state index contributed by atoms with van der Waals surface area (Å²) in [5.74, 6) is 0.903. The van der Waals surface area contributed by atoms with Crippen LogP contribution in [0.2, 0.25) is 0 Å². The van der Waals surface area contributed by atoms with Gasteiger partial charge in [0.05, 0.1) is 22.1 Å². The van der Waals surface area contributed by atoms with Crippen LogP contribution in [0.4, 0.5) is 5.13 Å². The van der Waals surface area contributed by atoms with Gasteiger partial charge in [-0.3, -0.25) is 4.79 Å². The topological polar surface area (TPSA) is 48.5 Å². The fraction of sp³-hybridized carbons (Fsp3) is 0.538. The van der Waals surface area contributed by atoms with E-state index in [1.54, 1.807) is 23.1 Å². The zero-order chi connectivity index (χ0) is 14.7. The summed E-state index contributed by atoms with van der Waals surface area (Å²) in [7, 11) is 4.17. The first kappa shape index (κ1) is 15.3. The van der Waals surface area contributed by atoms with Crippen molar-refractivity contribution in [3.8, 4) is 0 Å². The normalized spacial score (nSPS) is 14.8. The maximum atomic E-state index is 11.1. The fourth-order valence-electron chi connectivity index (χ4n) is 1.89. The largest absolute Gasteiger partial charge is 0.359 e. The molecule has 1 aromatic heterocycles. The zero-order valence-electron chi connectivity index (χ0n) is 12.3. The first-order valence-electron chi connectivity index (χ1n) is 6.44. The summed E-state index contributed by atoms with van der Waals surface area (Å²) < 4.78 is 0. The molecule has 2 heterocycles. The molecule has 0 bridgehead atoms. The van der Waals surface area contributed by atoms with Crippen LogP contribution in [-0.4, -0.2) is 53.8 Å². The number of nitrogens with zero attached hydrogens (tertiary/aromatic N) is 3. The highest BCUT2D eigenvalue weighted by atomic mass is 32.2. The van der Waals surface area contributed by atoms with Gasteiger partial charge in [-0.15, -0.1) is 11.8 Å². The number of aryl methyl sites for hydroxylation is 1. The number of rotatable bonds is 5. The Morgan fingerprint density at radius 2 is 2.30 bits per heavy atom. The third-order valence-corrected chi connectivity index (χ3v) is 4.84. The van der Waals surface area contributed by atoms with Crippen molar-refractivity contribution in [2.45, 2.75) is 13.8 Å². The first-order valence-corrected chi connectivity index (χ1v) is 8.30. The van der Waals surface area contributed by atoms with Gasteiger partial charge in [-0.1, -0.05) is 11.3 Å². The Balaban J connectivity index is 2.13. The number of hydrogen-bond acceptors (Lipinski definition) is 6. The van der Waals surface area contributed by atoms with Crippen molar-refractivity contribution >= 4 is 39.8 Å². The van der Waals surface area contributed by atoms with Crippen LogP contribution in [0.25, 0.3) is 5.70 Å². The third-order valence-electron chi connectivity index (χ3n) is 2.90. The van der Waals surface area contributed by atoms with Crippen LogP contribution in [0.1, 0.15) is 17.5 Å². The van der Waals surface area contributed by atoms with E-state index in [9.17, 15) is 4.79 Å². The lowest BCUT2D eigenvalue weighted by Gasteiger charge is -2.23. The molecule has 0 saturated carbocycles. The van der Waals surface area contributed by atoms with Crippen molar-refractivity contribution in [2.24, 2.45) is 0 Å². The van der Waals surface area contributed by atoms with E-state index in [1.165, 1.54) is 12.6 Å². The van der Waals surface area contributed by atoms with E-state index < -0.39 is 0 Å². The van der Waals surface area contributed by atoms with Gasteiger partial charge in [0, 0.05) is 20.0 Å². The van der Waals surface area contributed by atoms with Crippen molar-refractivity contribution in [3.05, 3.63) is 16.0 Å². The number of thiazole rings is 1. The Labute approximate surface area is 128 Å². The molecule has 1 aromatic rings. The molecule has 7 heteroatoms. The van der Waals surface area contributed by atoms with Crippen LogP contribution in [0.15, 0.2) is 5.41 Å². The number of carbonyl (C=O) groups is 1. The third kappa shape index (κ3) is 3.74. The van der Waals surface area contributed by atoms with Crippen LogP contribution in [0.3, 0.4) is 0 Å². The van der Waals surface area contributed by atoms with Crippen LogP contribution >= 0.6 is 23.1 Å². The van der Waals surface area contributed by atoms with E-state index in [0.717, 1.165) is 29.5 Å². The van der Waals surface area contributed by atoms with Gasteiger partial charge in [0.25, 0.3) is 0 Å². The van der Waals surface area contributed by atoms with Crippen molar-refractivity contribution in [2.75, 3.05) is 38.4 Å². The minimum absolute atomic E-state index is 0.0791. The number of amides is 1. The summed E-state index contributed by atoms with van der Waals surface area (Å²) in [4.78, 5) is 21.2. The number of hydrogen-bond donors (Lipinski definition) is 1. The Kier molecular flexibility index (Phi) is 5.06. The summed E-state index contributed by atoms with van der Waals surface area (Å²) in [6.07, 6.45) is 0. The first-order chi connectivity index (χ1) is 9.47. The van der Waals surface area contributed by atoms with E-state index >= 15 is 0 Å². The van der Waals surface area contributed by atoms with E-state index in [4.69, 9.17) is 0 Å². The van der Waals surface area contributed by atoms with Gasteiger partial charge in [0.15, 0.2) is 5.13 Å². The molecule has 0 aliphatic carbocycles. The summed E-state index contributed by atoms with van der Waals surface area (Å²) in [5.41, 5.74) is 2.20. The van der Waals surface area contributed by atoms with Crippen molar-refractivity contribution < 1.29 is 4.79 Å². The molecule has 1 N–H and O–H groups in total. The highest BCUT2D eigenvalue weighted by Gasteiger charge is 2.22. The van der Waals surface area contributed by atoms with Gasteiger partial charge in [0.2, 0.25) is 5.91 Å². The second-order valence-electron chi connectivity index (χ2n) is 4.98. The molecule has 110 valence electrons. The predicted molar refractivity (Wildman–Crippen MR) is 86.8 cm³/mol. The lowest BCUT2D eigenvalue weighted by Crippen LogP contribution is -2.28. The minimum atomic E-state index is -0.0791. The van der Waals surface area contributed by atoms with Crippen LogP contribution in [-0.2, 0) is 4.79 Å². The molecule has 0 aromatic carbocycles. The second-order valence-corrected chi connectivity index (χ2v) is 6.81. The van der Waals surface area contributed by atoms with Gasteiger partial charge in [-0.05, 0) is 26.4 Å². The predicted octanol–water partition coefficient (Wildman–Crippen LogP) is 2.28. The van der Waals surface area contributed by atoms with Crippen LogP contribution < -0.4 is 5.32 Å². The summed E-state index contributed by atoms with van der Waals surface area (Å²) in [6.45, 7) is 5.52. The molecule has 1 aliphatic rings. The van der Waals surface area contributed by atoms with Gasteiger partial charge in [-0.2, -0.15) is 0 Å². The van der Waals surface area contributed by atoms with Gasteiger partial charge < -0.3 is 15.1 Å². The van der Waals surface area contributed by atoms with Gasteiger partial charge in [-0.25, -0.2) is 4.98 Å². The Hall–Kier alpha value is -1.05. The molecule has 0 unspecified atom stereocenters. The molecule has 0 radical (unpaired) electrons. The van der Waals surface area contributed by atoms with E-state index in [1.807, 2.05) is 6.92 Å². The molecule has 20 heavy (non-hydrogen) atoms. The fourth-order valence-corrected chi connectivity index (χ4v) is 3.97. The minimum Gasteiger partial charge on any atom is -0.359 e. The van der Waals surface area contributed by atoms with Crippen LogP contribution in [0.5, 0.6) is 0 Å².